The Morgan fingerprint density at radius 1 is 1.44 bits per heavy atom. The van der Waals surface area contributed by atoms with Gasteiger partial charge in [0.2, 0.25) is 0 Å². The van der Waals surface area contributed by atoms with Crippen LogP contribution in [0.25, 0.3) is 0 Å². The summed E-state index contributed by atoms with van der Waals surface area (Å²) in [5.41, 5.74) is 0. The predicted octanol–water partition coefficient (Wildman–Crippen LogP) is 2.35. The van der Waals surface area contributed by atoms with Crippen molar-refractivity contribution in [2.45, 2.75) is 51.7 Å². The van der Waals surface area contributed by atoms with E-state index in [0.717, 1.165) is 0 Å². The van der Waals surface area contributed by atoms with Crippen molar-refractivity contribution in [3.8, 4) is 0 Å². The van der Waals surface area contributed by atoms with Crippen molar-refractivity contribution in [1.82, 2.24) is 0 Å². The minimum atomic E-state index is 0.529. The molecule has 0 bridgehead atoms. The number of ether oxygens (including phenoxy) is 1. The maximum absolute atomic E-state index is 5.60. The van der Waals surface area contributed by atoms with Crippen LogP contribution in [0.5, 0.6) is 0 Å². The third kappa shape index (κ3) is 1.98. The predicted molar refractivity (Wildman–Crippen MR) is 38.5 cm³/mol. The third-order valence-corrected chi connectivity index (χ3v) is 1.93. The van der Waals surface area contributed by atoms with Crippen molar-refractivity contribution in [2.75, 3.05) is 0 Å². The standard InChI is InChI=1S/C8H16O/c1-3-4-8-6-5-7(2)9-8/h7-8H,3-6H2,1-2H3/t7-,8+/m1/s1. The zero-order valence-electron chi connectivity index (χ0n) is 6.39. The van der Waals surface area contributed by atoms with Crippen LogP contribution in [0.3, 0.4) is 0 Å². The molecule has 1 aliphatic heterocycles. The van der Waals surface area contributed by atoms with Gasteiger partial charge in [0.25, 0.3) is 0 Å². The first kappa shape index (κ1) is 7.07. The molecule has 9 heavy (non-hydrogen) atoms. The van der Waals surface area contributed by atoms with Gasteiger partial charge in [0.15, 0.2) is 0 Å². The summed E-state index contributed by atoms with van der Waals surface area (Å²) in [5, 5.41) is 0. The Balaban J connectivity index is 2.14. The lowest BCUT2D eigenvalue weighted by Gasteiger charge is -2.07. The summed E-state index contributed by atoms with van der Waals surface area (Å²) in [6.07, 6.45) is 6.19. The van der Waals surface area contributed by atoms with Gasteiger partial charge in [0, 0.05) is 0 Å². The summed E-state index contributed by atoms with van der Waals surface area (Å²) in [6, 6.07) is 0. The Labute approximate surface area is 57.4 Å². The molecule has 0 aromatic rings. The summed E-state index contributed by atoms with van der Waals surface area (Å²) in [5.74, 6) is 0. The molecule has 2 atom stereocenters. The van der Waals surface area contributed by atoms with Crippen LogP contribution >= 0.6 is 0 Å². The van der Waals surface area contributed by atoms with Crippen molar-refractivity contribution in [3.63, 3.8) is 0 Å². The Morgan fingerprint density at radius 2 is 2.22 bits per heavy atom. The van der Waals surface area contributed by atoms with Crippen molar-refractivity contribution < 1.29 is 4.74 Å². The van der Waals surface area contributed by atoms with E-state index < -0.39 is 0 Å². The van der Waals surface area contributed by atoms with E-state index in [9.17, 15) is 0 Å². The fourth-order valence-electron chi connectivity index (χ4n) is 1.42. The monoisotopic (exact) mass is 128 g/mol. The molecule has 1 heterocycles. The van der Waals surface area contributed by atoms with Gasteiger partial charge in [0.1, 0.15) is 0 Å². The zero-order valence-corrected chi connectivity index (χ0v) is 6.39. The van der Waals surface area contributed by atoms with Gasteiger partial charge in [-0.3, -0.25) is 0 Å². The molecule has 1 saturated heterocycles. The average Bonchev–Trinajstić information content (AvgIpc) is 2.17. The second-order valence-electron chi connectivity index (χ2n) is 2.93. The smallest absolute Gasteiger partial charge is 0.0579 e. The highest BCUT2D eigenvalue weighted by molar-refractivity contribution is 4.69. The van der Waals surface area contributed by atoms with Gasteiger partial charge < -0.3 is 4.74 Å². The summed E-state index contributed by atoms with van der Waals surface area (Å²) in [7, 11) is 0. The molecule has 0 spiro atoms. The quantitative estimate of drug-likeness (QED) is 0.554. The van der Waals surface area contributed by atoms with E-state index in [1.807, 2.05) is 0 Å². The molecule has 1 rings (SSSR count). The van der Waals surface area contributed by atoms with Gasteiger partial charge in [0.05, 0.1) is 12.2 Å². The molecule has 54 valence electrons. The molecule has 0 aromatic heterocycles. The average molecular weight is 128 g/mol. The van der Waals surface area contributed by atoms with Crippen LogP contribution in [-0.2, 0) is 4.74 Å². The number of rotatable bonds is 2. The van der Waals surface area contributed by atoms with Crippen LogP contribution in [0.1, 0.15) is 39.5 Å². The lowest BCUT2D eigenvalue weighted by atomic mass is 10.1. The van der Waals surface area contributed by atoms with E-state index in [0.29, 0.717) is 12.2 Å². The second-order valence-corrected chi connectivity index (χ2v) is 2.93. The Hall–Kier alpha value is -0.0400. The van der Waals surface area contributed by atoms with Gasteiger partial charge in [-0.15, -0.1) is 0 Å². The second kappa shape index (κ2) is 3.21. The van der Waals surface area contributed by atoms with E-state index in [1.54, 1.807) is 0 Å². The van der Waals surface area contributed by atoms with Crippen LogP contribution in [0, 0.1) is 0 Å². The third-order valence-electron chi connectivity index (χ3n) is 1.93. The molecule has 1 aliphatic rings. The molecule has 0 unspecified atom stereocenters. The van der Waals surface area contributed by atoms with Crippen molar-refractivity contribution >= 4 is 0 Å². The molecule has 0 aliphatic carbocycles. The molecule has 0 N–H and O–H groups in total. The first-order valence-corrected chi connectivity index (χ1v) is 3.98. The first-order valence-electron chi connectivity index (χ1n) is 3.98. The zero-order chi connectivity index (χ0) is 6.69. The van der Waals surface area contributed by atoms with E-state index in [1.165, 1.54) is 25.7 Å². The van der Waals surface area contributed by atoms with Gasteiger partial charge in [-0.1, -0.05) is 13.3 Å². The van der Waals surface area contributed by atoms with Crippen molar-refractivity contribution in [2.24, 2.45) is 0 Å². The molecule has 1 heteroatoms. The summed E-state index contributed by atoms with van der Waals surface area (Å²) >= 11 is 0. The van der Waals surface area contributed by atoms with Gasteiger partial charge in [-0.2, -0.15) is 0 Å². The van der Waals surface area contributed by atoms with Crippen molar-refractivity contribution in [3.05, 3.63) is 0 Å². The Kier molecular flexibility index (Phi) is 2.52. The van der Waals surface area contributed by atoms with Crippen LogP contribution < -0.4 is 0 Å². The first-order chi connectivity index (χ1) is 4.33. The molecule has 1 nitrogen and oxygen atoms in total. The SMILES string of the molecule is CCC[C@H]1CC[C@@H](C)O1. The van der Waals surface area contributed by atoms with Crippen LogP contribution in [0.2, 0.25) is 0 Å². The highest BCUT2D eigenvalue weighted by Crippen LogP contribution is 2.21. The number of hydrogen-bond donors (Lipinski definition) is 0. The van der Waals surface area contributed by atoms with E-state index >= 15 is 0 Å². The molecule has 0 saturated carbocycles. The van der Waals surface area contributed by atoms with Crippen LogP contribution in [-0.4, -0.2) is 12.2 Å². The largest absolute Gasteiger partial charge is 0.375 e. The molecular formula is C8H16O. The van der Waals surface area contributed by atoms with Gasteiger partial charge >= 0.3 is 0 Å². The molecule has 1 fully saturated rings. The Bertz CT molecular complexity index is 78.6. The fraction of sp³-hybridized carbons (Fsp3) is 1.00. The summed E-state index contributed by atoms with van der Waals surface area (Å²) in [6.45, 7) is 4.38. The molecule has 0 radical (unpaired) electrons. The minimum Gasteiger partial charge on any atom is -0.375 e. The molecular weight excluding hydrogens is 112 g/mol. The van der Waals surface area contributed by atoms with E-state index in [4.69, 9.17) is 4.74 Å². The lowest BCUT2D eigenvalue weighted by molar-refractivity contribution is 0.0506. The highest BCUT2D eigenvalue weighted by Gasteiger charge is 2.19. The normalized spacial score (nSPS) is 35.3. The van der Waals surface area contributed by atoms with Gasteiger partial charge in [-0.05, 0) is 26.2 Å². The number of hydrogen-bond acceptors (Lipinski definition) is 1. The fourth-order valence-corrected chi connectivity index (χ4v) is 1.42. The van der Waals surface area contributed by atoms with Crippen molar-refractivity contribution in [1.29, 1.82) is 0 Å². The van der Waals surface area contributed by atoms with E-state index in [-0.39, 0.29) is 0 Å². The molecule has 0 aromatic carbocycles. The minimum absolute atomic E-state index is 0.529. The van der Waals surface area contributed by atoms with Gasteiger partial charge in [-0.25, -0.2) is 0 Å². The van der Waals surface area contributed by atoms with Crippen LogP contribution in [0.4, 0.5) is 0 Å². The summed E-state index contributed by atoms with van der Waals surface area (Å²) < 4.78 is 5.60. The summed E-state index contributed by atoms with van der Waals surface area (Å²) in [4.78, 5) is 0. The lowest BCUT2D eigenvalue weighted by Crippen LogP contribution is -2.06. The maximum atomic E-state index is 5.60. The Morgan fingerprint density at radius 3 is 2.67 bits per heavy atom. The maximum Gasteiger partial charge on any atom is 0.0579 e. The highest BCUT2D eigenvalue weighted by atomic mass is 16.5. The topological polar surface area (TPSA) is 9.23 Å². The van der Waals surface area contributed by atoms with E-state index in [2.05, 4.69) is 13.8 Å². The molecule has 0 amide bonds. The van der Waals surface area contributed by atoms with Crippen LogP contribution in [0.15, 0.2) is 0 Å².